The second-order valence-electron chi connectivity index (χ2n) is 12.7. The first kappa shape index (κ1) is 34.7. The fourth-order valence-electron chi connectivity index (χ4n) is 6.26. The molecule has 1 saturated heterocycles. The molecule has 7 unspecified atom stereocenters. The third kappa shape index (κ3) is 8.34. The highest BCUT2D eigenvalue weighted by Gasteiger charge is 2.46. The van der Waals surface area contributed by atoms with Crippen molar-refractivity contribution in [2.24, 2.45) is 11.8 Å². The predicted octanol–water partition coefficient (Wildman–Crippen LogP) is 3.37. The monoisotopic (exact) mass is 631 g/mol. The molecule has 0 spiro atoms. The van der Waals surface area contributed by atoms with Crippen LogP contribution in [0.4, 0.5) is 0 Å². The Balaban J connectivity index is 1.70. The summed E-state index contributed by atoms with van der Waals surface area (Å²) in [6, 6.07) is 13.7. The zero-order chi connectivity index (χ0) is 33.4. The molecule has 7 atom stereocenters. The molecule has 2 aromatic carbocycles. The van der Waals surface area contributed by atoms with E-state index in [1.807, 2.05) is 101 Å². The van der Waals surface area contributed by atoms with E-state index in [4.69, 9.17) is 4.74 Å². The molecule has 10 nitrogen and oxygen atoms in total. The Morgan fingerprint density at radius 1 is 1.00 bits per heavy atom. The summed E-state index contributed by atoms with van der Waals surface area (Å²) in [6.07, 6.45) is 4.81. The first-order chi connectivity index (χ1) is 22.0. The minimum atomic E-state index is -1.01. The number of hydrogen-bond donors (Lipinski definition) is 3. The number of likely N-dealkylation sites (N-methyl/N-ethyl adjacent to an activating group) is 1. The number of benzene rings is 2. The van der Waals surface area contributed by atoms with Crippen molar-refractivity contribution in [2.75, 3.05) is 20.6 Å². The first-order valence-electron chi connectivity index (χ1n) is 16.4. The molecule has 3 N–H and O–H groups in total. The number of nitrogens with one attached hydrogen (secondary N) is 3. The van der Waals surface area contributed by atoms with E-state index < -0.39 is 36.2 Å². The molecule has 46 heavy (non-hydrogen) atoms. The molecule has 1 fully saturated rings. The van der Waals surface area contributed by atoms with Crippen LogP contribution in [0.5, 0.6) is 5.75 Å². The third-order valence-electron chi connectivity index (χ3n) is 9.26. The van der Waals surface area contributed by atoms with Gasteiger partial charge in [-0.1, -0.05) is 83.0 Å². The fraction of sp³-hybridized carbons (Fsp3) is 0.500. The topological polar surface area (TPSA) is 120 Å². The van der Waals surface area contributed by atoms with Gasteiger partial charge in [-0.25, -0.2) is 0 Å². The van der Waals surface area contributed by atoms with Gasteiger partial charge in [-0.2, -0.15) is 0 Å². The van der Waals surface area contributed by atoms with Gasteiger partial charge in [0.15, 0.2) is 0 Å². The SMILES string of the molecule is CCC(C)C1NC(=O)C2C(CCN2C(=O)C(Cc2ccccc2)NC(=O)C(C(C)CC)N(C)C)Oc2ccc(cc2)C=CNC1=O. The Hall–Kier alpha value is -4.18. The van der Waals surface area contributed by atoms with Gasteiger partial charge in [-0.05, 0) is 55.3 Å². The number of carbonyl (C=O) groups is 4. The Labute approximate surface area is 272 Å². The summed E-state index contributed by atoms with van der Waals surface area (Å²) in [7, 11) is 3.72. The number of likely N-dealkylation sites (tertiary alicyclic amines) is 1. The molecule has 248 valence electrons. The third-order valence-corrected chi connectivity index (χ3v) is 9.26. The lowest BCUT2D eigenvalue weighted by Gasteiger charge is -2.34. The summed E-state index contributed by atoms with van der Waals surface area (Å²) >= 11 is 0. The smallest absolute Gasteiger partial charge is 0.247 e. The Morgan fingerprint density at radius 2 is 1.70 bits per heavy atom. The molecular weight excluding hydrogens is 582 g/mol. The highest BCUT2D eigenvalue weighted by molar-refractivity contribution is 5.96. The second-order valence-corrected chi connectivity index (χ2v) is 12.7. The summed E-state index contributed by atoms with van der Waals surface area (Å²) in [6.45, 7) is 8.18. The van der Waals surface area contributed by atoms with Gasteiger partial charge in [-0.15, -0.1) is 0 Å². The normalized spacial score (nSPS) is 22.5. The van der Waals surface area contributed by atoms with Crippen LogP contribution >= 0.6 is 0 Å². The summed E-state index contributed by atoms with van der Waals surface area (Å²) in [5, 5.41) is 8.81. The van der Waals surface area contributed by atoms with Gasteiger partial charge < -0.3 is 25.6 Å². The molecule has 3 aliphatic heterocycles. The molecule has 3 heterocycles. The summed E-state index contributed by atoms with van der Waals surface area (Å²) in [4.78, 5) is 59.1. The van der Waals surface area contributed by atoms with E-state index in [0.29, 0.717) is 18.6 Å². The van der Waals surface area contributed by atoms with Crippen molar-refractivity contribution in [3.63, 3.8) is 0 Å². The molecule has 0 saturated carbocycles. The van der Waals surface area contributed by atoms with E-state index >= 15 is 0 Å². The lowest BCUT2D eigenvalue weighted by atomic mass is 9.96. The lowest BCUT2D eigenvalue weighted by Crippen LogP contribution is -2.61. The standard InChI is InChI=1S/C36H49N5O5/c1-7-23(3)30-33(42)37-20-18-25-14-16-27(17-15-25)46-29-19-21-41(32(29)35(44)39-30)36(45)28(22-26-12-10-9-11-13-26)38-34(43)31(40(5)6)24(4)8-2/h9-18,20,23-24,28-32H,7-8,19,21-22H2,1-6H3,(H,37,42)(H,38,43)(H,39,44). The molecule has 4 amide bonds. The van der Waals surface area contributed by atoms with Crippen LogP contribution in [0.15, 0.2) is 60.8 Å². The van der Waals surface area contributed by atoms with Crippen LogP contribution in [0.1, 0.15) is 58.1 Å². The molecule has 0 aliphatic carbocycles. The number of amides is 4. The Bertz CT molecular complexity index is 1380. The van der Waals surface area contributed by atoms with Crippen LogP contribution < -0.4 is 20.7 Å². The predicted molar refractivity (Wildman–Crippen MR) is 179 cm³/mol. The van der Waals surface area contributed by atoms with Crippen LogP contribution in [0.25, 0.3) is 6.08 Å². The highest BCUT2D eigenvalue weighted by Crippen LogP contribution is 2.27. The van der Waals surface area contributed by atoms with E-state index in [0.717, 1.165) is 17.5 Å². The zero-order valence-electron chi connectivity index (χ0n) is 27.9. The summed E-state index contributed by atoms with van der Waals surface area (Å²) in [5.74, 6) is -0.944. The van der Waals surface area contributed by atoms with Crippen LogP contribution in [0.2, 0.25) is 0 Å². The second kappa shape index (κ2) is 15.9. The van der Waals surface area contributed by atoms with Crippen LogP contribution in [0, 0.1) is 11.8 Å². The van der Waals surface area contributed by atoms with Crippen LogP contribution in [-0.2, 0) is 25.6 Å². The van der Waals surface area contributed by atoms with Crippen molar-refractivity contribution in [3.8, 4) is 5.75 Å². The van der Waals surface area contributed by atoms with Crippen molar-refractivity contribution in [2.45, 2.75) is 83.6 Å². The van der Waals surface area contributed by atoms with Crippen LogP contribution in [-0.4, -0.2) is 84.3 Å². The first-order valence-corrected chi connectivity index (χ1v) is 16.4. The molecule has 5 rings (SSSR count). The minimum Gasteiger partial charge on any atom is -0.488 e. The highest BCUT2D eigenvalue weighted by atomic mass is 16.5. The van der Waals surface area contributed by atoms with Gasteiger partial charge in [0.2, 0.25) is 23.6 Å². The molecule has 3 aliphatic rings. The van der Waals surface area contributed by atoms with Gasteiger partial charge >= 0.3 is 0 Å². The van der Waals surface area contributed by atoms with E-state index in [2.05, 4.69) is 16.0 Å². The number of rotatable bonds is 10. The average Bonchev–Trinajstić information content (AvgIpc) is 3.46. The molecule has 10 heteroatoms. The van der Waals surface area contributed by atoms with Crippen LogP contribution in [0.3, 0.4) is 0 Å². The van der Waals surface area contributed by atoms with Gasteiger partial charge in [0.25, 0.3) is 0 Å². The maximum atomic E-state index is 14.5. The fourth-order valence-corrected chi connectivity index (χ4v) is 6.26. The van der Waals surface area contributed by atoms with Gasteiger partial charge in [0.1, 0.15) is 30.0 Å². The maximum Gasteiger partial charge on any atom is 0.247 e. The average molecular weight is 632 g/mol. The summed E-state index contributed by atoms with van der Waals surface area (Å²) in [5.41, 5.74) is 1.76. The van der Waals surface area contributed by atoms with E-state index in [-0.39, 0.29) is 42.5 Å². The zero-order valence-corrected chi connectivity index (χ0v) is 27.9. The van der Waals surface area contributed by atoms with Crippen molar-refractivity contribution in [1.82, 2.24) is 25.8 Å². The molecule has 2 aromatic rings. The molecule has 2 bridgehead atoms. The van der Waals surface area contributed by atoms with Gasteiger partial charge in [-0.3, -0.25) is 24.1 Å². The van der Waals surface area contributed by atoms with Crippen molar-refractivity contribution < 1.29 is 23.9 Å². The van der Waals surface area contributed by atoms with Gasteiger partial charge in [0, 0.05) is 25.6 Å². The Kier molecular flexibility index (Phi) is 12.0. The quantitative estimate of drug-likeness (QED) is 0.370. The molecular formula is C36H49N5O5. The Morgan fingerprint density at radius 3 is 2.33 bits per heavy atom. The number of fused-ring (bicyclic) bond motifs is 7. The van der Waals surface area contributed by atoms with Crippen molar-refractivity contribution in [1.29, 1.82) is 0 Å². The van der Waals surface area contributed by atoms with Crippen molar-refractivity contribution >= 4 is 29.7 Å². The molecule has 0 radical (unpaired) electrons. The number of ether oxygens (including phenoxy) is 1. The number of nitrogens with zero attached hydrogens (tertiary/aromatic N) is 2. The van der Waals surface area contributed by atoms with E-state index in [9.17, 15) is 19.2 Å². The van der Waals surface area contributed by atoms with Gasteiger partial charge in [0.05, 0.1) is 6.04 Å². The van der Waals surface area contributed by atoms with Crippen molar-refractivity contribution in [3.05, 3.63) is 71.9 Å². The van der Waals surface area contributed by atoms with E-state index in [1.165, 1.54) is 4.90 Å². The van der Waals surface area contributed by atoms with E-state index in [1.54, 1.807) is 12.3 Å². The minimum absolute atomic E-state index is 0.0577. The lowest BCUT2D eigenvalue weighted by molar-refractivity contribution is -0.144. The number of hydrogen-bond acceptors (Lipinski definition) is 6. The molecule has 0 aromatic heterocycles. The largest absolute Gasteiger partial charge is 0.488 e. The summed E-state index contributed by atoms with van der Waals surface area (Å²) < 4.78 is 6.36. The number of carbonyl (C=O) groups excluding carboxylic acids is 4. The maximum absolute atomic E-state index is 14.5.